The normalized spacial score (nSPS) is 17.4. The van der Waals surface area contributed by atoms with Crippen molar-refractivity contribution in [3.63, 3.8) is 0 Å². The van der Waals surface area contributed by atoms with E-state index < -0.39 is 10.0 Å². The van der Waals surface area contributed by atoms with Crippen LogP contribution in [0.4, 0.5) is 0 Å². The topological polar surface area (TPSA) is 88.5 Å². The van der Waals surface area contributed by atoms with Crippen LogP contribution in [0.15, 0.2) is 29.2 Å². The van der Waals surface area contributed by atoms with Gasteiger partial charge in [0.05, 0.1) is 11.4 Å². The fraction of sp³-hybridized carbons (Fsp3) is 0.667. The van der Waals surface area contributed by atoms with Gasteiger partial charge < -0.3 is 15.5 Å². The molecule has 0 radical (unpaired) electrons. The van der Waals surface area contributed by atoms with Gasteiger partial charge in [0.25, 0.3) is 10.0 Å². The number of guanidine groups is 1. The summed E-state index contributed by atoms with van der Waals surface area (Å²) in [6, 6.07) is 7.33. The van der Waals surface area contributed by atoms with Gasteiger partial charge in [-0.15, -0.1) is 0 Å². The summed E-state index contributed by atoms with van der Waals surface area (Å²) >= 11 is 5.31. The van der Waals surface area contributed by atoms with Crippen LogP contribution in [0.3, 0.4) is 0 Å². The molecule has 3 rings (SSSR count). The summed E-state index contributed by atoms with van der Waals surface area (Å²) < 4.78 is 27.6. The maximum absolute atomic E-state index is 13.2. The molecule has 0 spiro atoms. The largest absolute Gasteiger partial charge is 0.363 e. The van der Waals surface area contributed by atoms with Crippen molar-refractivity contribution in [3.8, 4) is 0 Å². The van der Waals surface area contributed by atoms with E-state index in [-0.39, 0.29) is 10.9 Å². The highest BCUT2D eigenvalue weighted by atomic mass is 32.2. The molecular formula is C24H39N5O2S2. The molecule has 0 amide bonds. The van der Waals surface area contributed by atoms with Crippen LogP contribution in [-0.2, 0) is 16.4 Å². The van der Waals surface area contributed by atoms with E-state index >= 15 is 0 Å². The van der Waals surface area contributed by atoms with Crippen LogP contribution in [0.25, 0.3) is 0 Å². The molecule has 1 aliphatic carbocycles. The molecule has 2 fully saturated rings. The van der Waals surface area contributed by atoms with Crippen LogP contribution in [0.2, 0.25) is 0 Å². The molecule has 1 saturated heterocycles. The van der Waals surface area contributed by atoms with E-state index in [2.05, 4.69) is 17.6 Å². The van der Waals surface area contributed by atoms with E-state index in [9.17, 15) is 8.42 Å². The number of unbranched alkanes of at least 4 members (excludes halogenated alkanes) is 3. The van der Waals surface area contributed by atoms with Gasteiger partial charge in [-0.1, -0.05) is 57.6 Å². The lowest BCUT2D eigenvalue weighted by molar-refractivity contribution is 0.260. The van der Waals surface area contributed by atoms with Gasteiger partial charge in [-0.05, 0) is 55.6 Å². The zero-order valence-electron chi connectivity index (χ0n) is 19.8. The average molecular weight is 494 g/mol. The molecule has 0 aromatic heterocycles. The van der Waals surface area contributed by atoms with Crippen molar-refractivity contribution in [2.75, 3.05) is 26.2 Å². The highest BCUT2D eigenvalue weighted by molar-refractivity contribution is 7.89. The number of hydrogen-bond acceptors (Lipinski definition) is 4. The Labute approximate surface area is 204 Å². The fourth-order valence-electron chi connectivity index (χ4n) is 4.63. The highest BCUT2D eigenvalue weighted by Crippen LogP contribution is 2.28. The lowest BCUT2D eigenvalue weighted by Crippen LogP contribution is -2.42. The molecule has 33 heavy (non-hydrogen) atoms. The highest BCUT2D eigenvalue weighted by Gasteiger charge is 2.38. The van der Waals surface area contributed by atoms with Crippen molar-refractivity contribution >= 4 is 33.3 Å². The summed E-state index contributed by atoms with van der Waals surface area (Å²) in [5.74, 6) is 0.130. The molecule has 0 bridgehead atoms. The van der Waals surface area contributed by atoms with E-state index in [4.69, 9.17) is 17.6 Å². The molecule has 1 aromatic rings. The lowest BCUT2D eigenvalue weighted by atomic mass is 9.94. The van der Waals surface area contributed by atoms with Gasteiger partial charge >= 0.3 is 0 Å². The van der Waals surface area contributed by atoms with Crippen LogP contribution in [0.1, 0.15) is 70.3 Å². The number of thiocarbonyl (C=S) groups is 1. The summed E-state index contributed by atoms with van der Waals surface area (Å²) in [4.78, 5) is 2.23. The van der Waals surface area contributed by atoms with Gasteiger partial charge in [0.15, 0.2) is 5.11 Å². The SMILES string of the molecule is CCCCCCNC(=S)NCCc1ccc(S(=O)(=O)N2CCN(C3CCCCC3)C2=N)cc1. The minimum absolute atomic E-state index is 0.130. The first-order chi connectivity index (χ1) is 15.9. The Hall–Kier alpha value is -1.87. The number of hydrogen-bond donors (Lipinski definition) is 3. The Bertz CT molecular complexity index is 883. The maximum atomic E-state index is 13.2. The zero-order valence-corrected chi connectivity index (χ0v) is 21.4. The number of nitrogens with one attached hydrogen (secondary N) is 3. The minimum Gasteiger partial charge on any atom is -0.363 e. The zero-order chi connectivity index (χ0) is 23.7. The molecule has 1 aromatic carbocycles. The summed E-state index contributed by atoms with van der Waals surface area (Å²) in [6.07, 6.45) is 11.3. The van der Waals surface area contributed by atoms with Crippen molar-refractivity contribution < 1.29 is 8.42 Å². The van der Waals surface area contributed by atoms with Gasteiger partial charge in [-0.2, -0.15) is 0 Å². The molecule has 9 heteroatoms. The van der Waals surface area contributed by atoms with Crippen molar-refractivity contribution in [1.29, 1.82) is 5.41 Å². The number of rotatable bonds is 11. The van der Waals surface area contributed by atoms with Gasteiger partial charge in [0.2, 0.25) is 5.96 Å². The lowest BCUT2D eigenvalue weighted by Gasteiger charge is -2.32. The van der Waals surface area contributed by atoms with E-state index in [0.29, 0.717) is 30.8 Å². The van der Waals surface area contributed by atoms with E-state index in [1.54, 1.807) is 12.1 Å². The Balaban J connectivity index is 1.47. The van der Waals surface area contributed by atoms with Crippen molar-refractivity contribution in [3.05, 3.63) is 29.8 Å². The quantitative estimate of drug-likeness (QED) is 0.321. The third-order valence-electron chi connectivity index (χ3n) is 6.59. The molecule has 1 heterocycles. The Morgan fingerprint density at radius 1 is 1.03 bits per heavy atom. The Morgan fingerprint density at radius 2 is 1.73 bits per heavy atom. The molecule has 184 valence electrons. The van der Waals surface area contributed by atoms with Crippen LogP contribution < -0.4 is 10.6 Å². The first kappa shape index (κ1) is 25.7. The van der Waals surface area contributed by atoms with Crippen molar-refractivity contribution in [1.82, 2.24) is 19.8 Å². The van der Waals surface area contributed by atoms with E-state index in [1.165, 1.54) is 30.0 Å². The number of sulfonamides is 1. The summed E-state index contributed by atoms with van der Waals surface area (Å²) in [5.41, 5.74) is 1.05. The van der Waals surface area contributed by atoms with Crippen LogP contribution >= 0.6 is 12.2 Å². The predicted molar refractivity (Wildman–Crippen MR) is 138 cm³/mol. The molecule has 1 aliphatic heterocycles. The predicted octanol–water partition coefficient (Wildman–Crippen LogP) is 3.85. The summed E-state index contributed by atoms with van der Waals surface area (Å²) in [7, 11) is -3.71. The monoisotopic (exact) mass is 493 g/mol. The first-order valence-corrected chi connectivity index (χ1v) is 14.3. The second-order valence-corrected chi connectivity index (χ2v) is 11.3. The third kappa shape index (κ3) is 7.06. The molecule has 7 nitrogen and oxygen atoms in total. The maximum Gasteiger partial charge on any atom is 0.266 e. The molecule has 2 aliphatic rings. The molecule has 1 saturated carbocycles. The van der Waals surface area contributed by atoms with Gasteiger partial charge in [-0.3, -0.25) is 5.41 Å². The van der Waals surface area contributed by atoms with Crippen molar-refractivity contribution in [2.45, 2.75) is 82.1 Å². The number of nitrogens with zero attached hydrogens (tertiary/aromatic N) is 2. The van der Waals surface area contributed by atoms with Gasteiger partial charge in [0, 0.05) is 25.7 Å². The first-order valence-electron chi connectivity index (χ1n) is 12.4. The summed E-state index contributed by atoms with van der Waals surface area (Å²) in [6.45, 7) is 4.75. The second kappa shape index (κ2) is 12.6. The molecule has 0 atom stereocenters. The molecule has 0 unspecified atom stereocenters. The van der Waals surface area contributed by atoms with Crippen LogP contribution in [0.5, 0.6) is 0 Å². The van der Waals surface area contributed by atoms with Crippen molar-refractivity contribution in [2.24, 2.45) is 0 Å². The number of benzene rings is 1. The minimum atomic E-state index is -3.71. The van der Waals surface area contributed by atoms with Gasteiger partial charge in [-0.25, -0.2) is 12.7 Å². The van der Waals surface area contributed by atoms with Gasteiger partial charge in [0.1, 0.15) is 0 Å². The third-order valence-corrected chi connectivity index (χ3v) is 8.69. The Morgan fingerprint density at radius 3 is 2.42 bits per heavy atom. The van der Waals surface area contributed by atoms with Crippen LogP contribution in [0, 0.1) is 5.41 Å². The van der Waals surface area contributed by atoms with E-state index in [1.807, 2.05) is 17.0 Å². The molecule has 3 N–H and O–H groups in total. The van der Waals surface area contributed by atoms with Crippen LogP contribution in [-0.4, -0.2) is 60.9 Å². The smallest absolute Gasteiger partial charge is 0.266 e. The summed E-state index contributed by atoms with van der Waals surface area (Å²) in [5, 5.41) is 15.6. The van der Waals surface area contributed by atoms with E-state index in [0.717, 1.165) is 50.6 Å². The Kier molecular flexibility index (Phi) is 9.79. The fourth-order valence-corrected chi connectivity index (χ4v) is 6.22. The second-order valence-electron chi connectivity index (χ2n) is 9.02. The standard InChI is InChI=1S/C24H39N5O2S2/c1-2-3-4-8-16-26-24(32)27-17-15-20-11-13-22(14-12-20)33(30,31)29-19-18-28(23(29)25)21-9-6-5-7-10-21/h11-14,21,25H,2-10,15-19H2,1H3,(H2,26,27,32). The average Bonchev–Trinajstić information content (AvgIpc) is 3.22. The molecular weight excluding hydrogens is 454 g/mol.